The van der Waals surface area contributed by atoms with Crippen LogP contribution in [0.5, 0.6) is 0 Å². The Hall–Kier alpha value is -1.16. The Morgan fingerprint density at radius 1 is 1.64 bits per heavy atom. The third-order valence-electron chi connectivity index (χ3n) is 1.97. The van der Waals surface area contributed by atoms with Crippen LogP contribution in [0.4, 0.5) is 10.1 Å². The lowest BCUT2D eigenvalue weighted by Crippen LogP contribution is -1.99. The highest BCUT2D eigenvalue weighted by Crippen LogP contribution is 2.32. The van der Waals surface area contributed by atoms with Crippen LogP contribution in [0, 0.1) is 10.1 Å². The number of halogens is 2. The molecular weight excluding hydrogens is 209 g/mol. The van der Waals surface area contributed by atoms with Gasteiger partial charge in [0.05, 0.1) is 11.6 Å². The lowest BCUT2D eigenvalue weighted by atomic mass is 10.0. The van der Waals surface area contributed by atoms with Gasteiger partial charge in [0.2, 0.25) is 0 Å². The molecule has 3 nitrogen and oxygen atoms in total. The van der Waals surface area contributed by atoms with E-state index in [4.69, 9.17) is 11.6 Å². The van der Waals surface area contributed by atoms with Crippen molar-refractivity contribution in [1.82, 2.24) is 0 Å². The number of nitrogens with zero attached hydrogens (tertiary/aromatic N) is 1. The molecule has 0 fully saturated rings. The fraction of sp³-hybridized carbons (Fsp3) is 0.333. The van der Waals surface area contributed by atoms with E-state index in [0.717, 1.165) is 0 Å². The van der Waals surface area contributed by atoms with Gasteiger partial charge >= 0.3 is 0 Å². The molecule has 0 N–H and O–H groups in total. The van der Waals surface area contributed by atoms with Crippen molar-refractivity contribution >= 4 is 17.3 Å². The molecule has 0 heterocycles. The molecule has 76 valence electrons. The second kappa shape index (κ2) is 4.37. The first-order chi connectivity index (χ1) is 6.57. The summed E-state index contributed by atoms with van der Waals surface area (Å²) in [7, 11) is 0. The molecule has 5 heteroatoms. The van der Waals surface area contributed by atoms with E-state index < -0.39 is 17.5 Å². The maximum absolute atomic E-state index is 12.4. The Morgan fingerprint density at radius 3 is 2.79 bits per heavy atom. The first kappa shape index (κ1) is 10.9. The van der Waals surface area contributed by atoms with E-state index in [2.05, 4.69) is 0 Å². The van der Waals surface area contributed by atoms with Gasteiger partial charge in [0.25, 0.3) is 5.69 Å². The van der Waals surface area contributed by atoms with Crippen molar-refractivity contribution in [2.45, 2.75) is 12.8 Å². The Kier molecular flexibility index (Phi) is 3.41. The largest absolute Gasteiger partial charge is 0.288 e. The van der Waals surface area contributed by atoms with Gasteiger partial charge < -0.3 is 0 Å². The number of nitro benzene ring substituents is 1. The van der Waals surface area contributed by atoms with Crippen LogP contribution < -0.4 is 0 Å². The molecule has 0 amide bonds. The summed E-state index contributed by atoms with van der Waals surface area (Å²) >= 11 is 5.77. The third-order valence-corrected chi connectivity index (χ3v) is 2.38. The second-order valence-corrected chi connectivity index (χ2v) is 3.37. The second-order valence-electron chi connectivity index (χ2n) is 2.99. The zero-order chi connectivity index (χ0) is 10.7. The molecule has 1 aromatic rings. The van der Waals surface area contributed by atoms with Crippen molar-refractivity contribution in [3.05, 3.63) is 38.9 Å². The molecule has 14 heavy (non-hydrogen) atoms. The van der Waals surface area contributed by atoms with Crippen LogP contribution in [0.15, 0.2) is 18.2 Å². The maximum atomic E-state index is 12.4. The van der Waals surface area contributed by atoms with Crippen LogP contribution in [0.3, 0.4) is 0 Å². The molecular formula is C9H9ClFNO2. The van der Waals surface area contributed by atoms with E-state index in [1.54, 1.807) is 13.0 Å². The summed E-state index contributed by atoms with van der Waals surface area (Å²) in [6.45, 7) is 1.05. The summed E-state index contributed by atoms with van der Waals surface area (Å²) < 4.78 is 12.4. The number of alkyl halides is 1. The molecule has 1 unspecified atom stereocenters. The van der Waals surface area contributed by atoms with Crippen molar-refractivity contribution in [2.75, 3.05) is 6.67 Å². The summed E-state index contributed by atoms with van der Waals surface area (Å²) in [6, 6.07) is 4.40. The Bertz CT molecular complexity index is 357. The lowest BCUT2D eigenvalue weighted by molar-refractivity contribution is -0.384. The molecule has 0 bridgehead atoms. The summed E-state index contributed by atoms with van der Waals surface area (Å²) in [5, 5.41) is 10.5. The zero-order valence-corrected chi connectivity index (χ0v) is 8.29. The quantitative estimate of drug-likeness (QED) is 0.576. The molecule has 0 aromatic heterocycles. The highest BCUT2D eigenvalue weighted by Gasteiger charge is 2.18. The minimum atomic E-state index is -0.582. The standard InChI is InChI=1S/C9H9ClFNO2/c1-6(5-11)7-3-2-4-8(9(7)10)12(13)14/h2-4,6H,5H2,1H3. The molecule has 0 radical (unpaired) electrons. The van der Waals surface area contributed by atoms with Gasteiger partial charge in [0.1, 0.15) is 5.02 Å². The Labute approximate surface area is 85.6 Å². The number of rotatable bonds is 3. The fourth-order valence-electron chi connectivity index (χ4n) is 1.14. The molecule has 0 aliphatic heterocycles. The van der Waals surface area contributed by atoms with Gasteiger partial charge in [-0.3, -0.25) is 14.5 Å². The maximum Gasteiger partial charge on any atom is 0.288 e. The van der Waals surface area contributed by atoms with Crippen LogP contribution in [0.1, 0.15) is 18.4 Å². The summed E-state index contributed by atoms with van der Waals surface area (Å²) in [5.41, 5.74) is 0.299. The van der Waals surface area contributed by atoms with Gasteiger partial charge in [-0.25, -0.2) is 0 Å². The van der Waals surface area contributed by atoms with Crippen molar-refractivity contribution in [1.29, 1.82) is 0 Å². The van der Waals surface area contributed by atoms with Gasteiger partial charge in [-0.05, 0) is 5.56 Å². The molecule has 0 spiro atoms. The van der Waals surface area contributed by atoms with Crippen molar-refractivity contribution in [3.8, 4) is 0 Å². The predicted molar refractivity (Wildman–Crippen MR) is 52.5 cm³/mol. The van der Waals surface area contributed by atoms with Gasteiger partial charge in [-0.1, -0.05) is 30.7 Å². The van der Waals surface area contributed by atoms with E-state index in [1.165, 1.54) is 12.1 Å². The van der Waals surface area contributed by atoms with Gasteiger partial charge in [-0.2, -0.15) is 0 Å². The van der Waals surface area contributed by atoms with Crippen LogP contribution in [-0.4, -0.2) is 11.6 Å². The molecule has 1 atom stereocenters. The zero-order valence-electron chi connectivity index (χ0n) is 7.54. The highest BCUT2D eigenvalue weighted by molar-refractivity contribution is 6.33. The summed E-state index contributed by atoms with van der Waals surface area (Å²) in [5.74, 6) is -0.414. The van der Waals surface area contributed by atoms with Crippen molar-refractivity contribution in [2.24, 2.45) is 0 Å². The van der Waals surface area contributed by atoms with Crippen molar-refractivity contribution in [3.63, 3.8) is 0 Å². The predicted octanol–water partition coefficient (Wildman–Crippen LogP) is 3.32. The average molecular weight is 218 g/mol. The minimum Gasteiger partial charge on any atom is -0.258 e. The van der Waals surface area contributed by atoms with Crippen LogP contribution in [0.25, 0.3) is 0 Å². The molecule has 1 aromatic carbocycles. The number of benzene rings is 1. The molecule has 0 aliphatic rings. The fourth-order valence-corrected chi connectivity index (χ4v) is 1.52. The first-order valence-corrected chi connectivity index (χ1v) is 4.44. The number of hydrogen-bond donors (Lipinski definition) is 0. The van der Waals surface area contributed by atoms with Crippen LogP contribution in [-0.2, 0) is 0 Å². The summed E-state index contributed by atoms with van der Waals surface area (Å²) in [4.78, 5) is 9.94. The topological polar surface area (TPSA) is 43.1 Å². The number of hydrogen-bond acceptors (Lipinski definition) is 2. The van der Waals surface area contributed by atoms with E-state index in [9.17, 15) is 14.5 Å². The molecule has 1 rings (SSSR count). The highest BCUT2D eigenvalue weighted by atomic mass is 35.5. The van der Waals surface area contributed by atoms with Crippen LogP contribution >= 0.6 is 11.6 Å². The van der Waals surface area contributed by atoms with E-state index in [-0.39, 0.29) is 10.7 Å². The molecule has 0 saturated carbocycles. The Balaban J connectivity index is 3.20. The van der Waals surface area contributed by atoms with Gasteiger partial charge in [-0.15, -0.1) is 0 Å². The smallest absolute Gasteiger partial charge is 0.258 e. The lowest BCUT2D eigenvalue weighted by Gasteiger charge is -2.08. The van der Waals surface area contributed by atoms with Crippen molar-refractivity contribution < 1.29 is 9.31 Å². The normalized spacial score (nSPS) is 12.5. The summed E-state index contributed by atoms with van der Waals surface area (Å²) in [6.07, 6.45) is 0. The van der Waals surface area contributed by atoms with E-state index in [1.807, 2.05) is 0 Å². The Morgan fingerprint density at radius 2 is 2.29 bits per heavy atom. The van der Waals surface area contributed by atoms with Crippen LogP contribution in [0.2, 0.25) is 5.02 Å². The monoisotopic (exact) mass is 217 g/mol. The van der Waals surface area contributed by atoms with Gasteiger partial charge in [0, 0.05) is 12.0 Å². The number of nitro groups is 1. The van der Waals surface area contributed by atoms with E-state index in [0.29, 0.717) is 5.56 Å². The van der Waals surface area contributed by atoms with Gasteiger partial charge in [0.15, 0.2) is 0 Å². The third kappa shape index (κ3) is 2.01. The molecule has 0 aliphatic carbocycles. The first-order valence-electron chi connectivity index (χ1n) is 4.06. The molecule has 0 saturated heterocycles. The SMILES string of the molecule is CC(CF)c1cccc([N+](=O)[O-])c1Cl. The van der Waals surface area contributed by atoms with E-state index >= 15 is 0 Å². The average Bonchev–Trinajstić information content (AvgIpc) is 2.16. The minimum absolute atomic E-state index is 0.0302.